The standard InChI is InChI=1S/C10H12ClF2N3/c11-8-4-9(15-6-14-8)16-3-1-2-7(5-16)10(12)13/h4,6-7,10H,1-3,5H2/t7-/m0/s1. The molecule has 2 heterocycles. The molecule has 0 amide bonds. The second-order valence-electron chi connectivity index (χ2n) is 3.88. The zero-order chi connectivity index (χ0) is 11.5. The summed E-state index contributed by atoms with van der Waals surface area (Å²) in [5.74, 6) is 0.0628. The average molecular weight is 248 g/mol. The molecule has 0 bridgehead atoms. The predicted molar refractivity (Wildman–Crippen MR) is 58.0 cm³/mol. The summed E-state index contributed by atoms with van der Waals surface area (Å²) in [7, 11) is 0. The van der Waals surface area contributed by atoms with Crippen molar-refractivity contribution in [3.63, 3.8) is 0 Å². The van der Waals surface area contributed by atoms with Gasteiger partial charge in [-0.1, -0.05) is 11.6 Å². The number of hydrogen-bond acceptors (Lipinski definition) is 3. The molecule has 1 fully saturated rings. The van der Waals surface area contributed by atoms with Crippen LogP contribution in [0, 0.1) is 5.92 Å². The summed E-state index contributed by atoms with van der Waals surface area (Å²) in [5, 5.41) is 0.337. The van der Waals surface area contributed by atoms with E-state index in [1.807, 2.05) is 4.90 Å². The molecule has 0 aromatic carbocycles. The van der Waals surface area contributed by atoms with Crippen molar-refractivity contribution in [1.82, 2.24) is 9.97 Å². The maximum absolute atomic E-state index is 12.6. The zero-order valence-electron chi connectivity index (χ0n) is 8.61. The van der Waals surface area contributed by atoms with Gasteiger partial charge < -0.3 is 4.90 Å². The summed E-state index contributed by atoms with van der Waals surface area (Å²) in [6.07, 6.45) is 0.424. The maximum Gasteiger partial charge on any atom is 0.243 e. The van der Waals surface area contributed by atoms with Gasteiger partial charge in [0, 0.05) is 25.1 Å². The molecule has 0 aliphatic carbocycles. The molecular weight excluding hydrogens is 236 g/mol. The van der Waals surface area contributed by atoms with Gasteiger partial charge in [-0.25, -0.2) is 18.7 Å². The van der Waals surface area contributed by atoms with Crippen molar-refractivity contribution in [3.05, 3.63) is 17.5 Å². The lowest BCUT2D eigenvalue weighted by Gasteiger charge is -2.33. The Kier molecular flexibility index (Phi) is 3.53. The highest BCUT2D eigenvalue weighted by Gasteiger charge is 2.27. The SMILES string of the molecule is FC(F)[C@H]1CCCN(c2cc(Cl)ncn2)C1. The molecule has 0 saturated carbocycles. The molecule has 2 rings (SSSR count). The van der Waals surface area contributed by atoms with Crippen molar-refractivity contribution < 1.29 is 8.78 Å². The van der Waals surface area contributed by atoms with Crippen LogP contribution in [-0.4, -0.2) is 29.5 Å². The first-order valence-electron chi connectivity index (χ1n) is 5.17. The highest BCUT2D eigenvalue weighted by molar-refractivity contribution is 6.29. The Bertz CT molecular complexity index is 362. The van der Waals surface area contributed by atoms with E-state index in [2.05, 4.69) is 9.97 Å². The molecule has 0 N–H and O–H groups in total. The van der Waals surface area contributed by atoms with Gasteiger partial charge in [-0.15, -0.1) is 0 Å². The average Bonchev–Trinajstić information content (AvgIpc) is 2.29. The number of piperidine rings is 1. The lowest BCUT2D eigenvalue weighted by Crippen LogP contribution is -2.38. The third kappa shape index (κ3) is 2.58. The zero-order valence-corrected chi connectivity index (χ0v) is 9.37. The van der Waals surface area contributed by atoms with Crippen molar-refractivity contribution in [2.45, 2.75) is 19.3 Å². The van der Waals surface area contributed by atoms with E-state index in [1.54, 1.807) is 6.07 Å². The minimum Gasteiger partial charge on any atom is -0.356 e. The normalized spacial score (nSPS) is 21.5. The summed E-state index contributed by atoms with van der Waals surface area (Å²) < 4.78 is 25.2. The molecule has 3 nitrogen and oxygen atoms in total. The lowest BCUT2D eigenvalue weighted by atomic mass is 9.99. The van der Waals surface area contributed by atoms with E-state index < -0.39 is 12.3 Å². The van der Waals surface area contributed by atoms with Gasteiger partial charge in [0.2, 0.25) is 6.43 Å². The molecule has 6 heteroatoms. The lowest BCUT2D eigenvalue weighted by molar-refractivity contribution is 0.0686. The number of rotatable bonds is 2. The summed E-state index contributed by atoms with van der Waals surface area (Å²) >= 11 is 5.74. The largest absolute Gasteiger partial charge is 0.356 e. The smallest absolute Gasteiger partial charge is 0.243 e. The predicted octanol–water partition coefficient (Wildman–Crippen LogP) is 2.61. The van der Waals surface area contributed by atoms with E-state index in [-0.39, 0.29) is 0 Å². The number of alkyl halides is 2. The van der Waals surface area contributed by atoms with E-state index in [9.17, 15) is 8.78 Å². The van der Waals surface area contributed by atoms with Gasteiger partial charge in [0.1, 0.15) is 17.3 Å². The minimum absolute atomic E-state index is 0.337. The highest BCUT2D eigenvalue weighted by atomic mass is 35.5. The molecule has 1 aromatic heterocycles. The maximum atomic E-state index is 12.6. The number of anilines is 1. The van der Waals surface area contributed by atoms with Crippen LogP contribution < -0.4 is 4.90 Å². The van der Waals surface area contributed by atoms with E-state index in [1.165, 1.54) is 6.33 Å². The van der Waals surface area contributed by atoms with Crippen LogP contribution in [0.25, 0.3) is 0 Å². The number of aromatic nitrogens is 2. The Labute approximate surface area is 97.4 Å². The quantitative estimate of drug-likeness (QED) is 0.753. The van der Waals surface area contributed by atoms with Crippen LogP contribution in [-0.2, 0) is 0 Å². The van der Waals surface area contributed by atoms with Crippen LogP contribution in [0.4, 0.5) is 14.6 Å². The fourth-order valence-electron chi connectivity index (χ4n) is 1.92. The van der Waals surface area contributed by atoms with Crippen LogP contribution in [0.3, 0.4) is 0 Å². The molecule has 1 aromatic rings. The van der Waals surface area contributed by atoms with Gasteiger partial charge in [-0.2, -0.15) is 0 Å². The Morgan fingerprint density at radius 3 is 2.94 bits per heavy atom. The fourth-order valence-corrected chi connectivity index (χ4v) is 2.06. The first-order chi connectivity index (χ1) is 7.66. The number of hydrogen-bond donors (Lipinski definition) is 0. The highest BCUT2D eigenvalue weighted by Crippen LogP contribution is 2.26. The van der Waals surface area contributed by atoms with Crippen molar-refractivity contribution in [2.75, 3.05) is 18.0 Å². The molecule has 1 aliphatic heterocycles. The first-order valence-corrected chi connectivity index (χ1v) is 5.55. The fraction of sp³-hybridized carbons (Fsp3) is 0.600. The topological polar surface area (TPSA) is 29.0 Å². The summed E-state index contributed by atoms with van der Waals surface area (Å²) in [4.78, 5) is 9.65. The van der Waals surface area contributed by atoms with Crippen LogP contribution in [0.15, 0.2) is 12.4 Å². The Morgan fingerprint density at radius 1 is 1.44 bits per heavy atom. The van der Waals surface area contributed by atoms with E-state index >= 15 is 0 Å². The van der Waals surface area contributed by atoms with E-state index in [0.29, 0.717) is 23.9 Å². The molecule has 16 heavy (non-hydrogen) atoms. The van der Waals surface area contributed by atoms with Gasteiger partial charge in [-0.05, 0) is 12.8 Å². The molecule has 0 radical (unpaired) electrons. The first kappa shape index (κ1) is 11.5. The van der Waals surface area contributed by atoms with Gasteiger partial charge in [0.15, 0.2) is 0 Å². The van der Waals surface area contributed by atoms with E-state index in [4.69, 9.17) is 11.6 Å². The monoisotopic (exact) mass is 247 g/mol. The summed E-state index contributed by atoms with van der Waals surface area (Å²) in [6.45, 7) is 1.08. The van der Waals surface area contributed by atoms with Crippen molar-refractivity contribution in [3.8, 4) is 0 Å². The third-order valence-electron chi connectivity index (χ3n) is 2.76. The molecule has 0 unspecified atom stereocenters. The molecule has 88 valence electrons. The van der Waals surface area contributed by atoms with Crippen molar-refractivity contribution in [1.29, 1.82) is 0 Å². The summed E-state index contributed by atoms with van der Waals surface area (Å²) in [6, 6.07) is 1.61. The Balaban J connectivity index is 2.09. The summed E-state index contributed by atoms with van der Waals surface area (Å²) in [5.41, 5.74) is 0. The van der Waals surface area contributed by atoms with Crippen LogP contribution in [0.2, 0.25) is 5.15 Å². The van der Waals surface area contributed by atoms with Crippen LogP contribution in [0.1, 0.15) is 12.8 Å². The van der Waals surface area contributed by atoms with Crippen molar-refractivity contribution in [2.24, 2.45) is 5.92 Å². The van der Waals surface area contributed by atoms with E-state index in [0.717, 1.165) is 13.0 Å². The Hall–Kier alpha value is -0.970. The third-order valence-corrected chi connectivity index (χ3v) is 2.96. The Morgan fingerprint density at radius 2 is 2.25 bits per heavy atom. The number of halogens is 3. The van der Waals surface area contributed by atoms with Gasteiger partial charge in [-0.3, -0.25) is 0 Å². The second kappa shape index (κ2) is 4.91. The van der Waals surface area contributed by atoms with Gasteiger partial charge in [0.25, 0.3) is 0 Å². The van der Waals surface area contributed by atoms with Gasteiger partial charge >= 0.3 is 0 Å². The molecular formula is C10H12ClF2N3. The van der Waals surface area contributed by atoms with Crippen LogP contribution >= 0.6 is 11.6 Å². The molecule has 0 spiro atoms. The second-order valence-corrected chi connectivity index (χ2v) is 4.27. The minimum atomic E-state index is -2.26. The molecule has 1 saturated heterocycles. The van der Waals surface area contributed by atoms with Crippen molar-refractivity contribution >= 4 is 17.4 Å². The number of nitrogens with zero attached hydrogens (tertiary/aromatic N) is 3. The van der Waals surface area contributed by atoms with Gasteiger partial charge in [0.05, 0.1) is 0 Å². The molecule has 1 atom stereocenters. The van der Waals surface area contributed by atoms with Crippen LogP contribution in [0.5, 0.6) is 0 Å². The molecule has 1 aliphatic rings.